The van der Waals surface area contributed by atoms with Gasteiger partial charge in [0.25, 0.3) is 0 Å². The largest absolute Gasteiger partial charge is 0.279 e. The molecule has 0 spiro atoms. The van der Waals surface area contributed by atoms with Gasteiger partial charge >= 0.3 is 0 Å². The van der Waals surface area contributed by atoms with Crippen molar-refractivity contribution in [3.05, 3.63) is 0 Å². The summed E-state index contributed by atoms with van der Waals surface area (Å²) in [5, 5.41) is 1.10. The third-order valence-corrected chi connectivity index (χ3v) is 6.51. The van der Waals surface area contributed by atoms with Crippen molar-refractivity contribution in [1.82, 2.24) is 0 Å². The van der Waals surface area contributed by atoms with E-state index in [1.807, 2.05) is 0 Å². The van der Waals surface area contributed by atoms with E-state index < -0.39 is 0 Å². The molecule has 1 nitrogen and oxygen atoms in total. The Bertz CT molecular complexity index is 318. The molecule has 1 unspecified atom stereocenters. The summed E-state index contributed by atoms with van der Waals surface area (Å²) in [4.78, 5) is 4.77. The number of hydrogen-bond donors (Lipinski definition) is 0. The maximum atomic E-state index is 4.77. The van der Waals surface area contributed by atoms with Crippen LogP contribution in [-0.2, 0) is 0 Å². The highest BCUT2D eigenvalue weighted by Gasteiger charge is 2.02. The Morgan fingerprint density at radius 1 is 0.667 bits per heavy atom. The minimum Gasteiger partial charge on any atom is -0.279 e. The standard InChI is InChI=1S/C24H47Br2N/c1-3-4-5-6-7-8-9-10-11-12-13-14-15-16-17-20-23(2)27-24(26)21-18-19-22-25/h23H,3-22H2,1-2H3. The van der Waals surface area contributed by atoms with Crippen molar-refractivity contribution in [3.63, 3.8) is 0 Å². The molecular weight excluding hydrogens is 462 g/mol. The van der Waals surface area contributed by atoms with Crippen LogP contribution in [-0.4, -0.2) is 16.0 Å². The molecule has 3 heteroatoms. The van der Waals surface area contributed by atoms with Gasteiger partial charge < -0.3 is 0 Å². The monoisotopic (exact) mass is 507 g/mol. The number of halogens is 2. The van der Waals surface area contributed by atoms with Gasteiger partial charge in [0.15, 0.2) is 0 Å². The average molecular weight is 509 g/mol. The van der Waals surface area contributed by atoms with Crippen LogP contribution in [0, 0.1) is 0 Å². The molecule has 0 saturated heterocycles. The summed E-state index contributed by atoms with van der Waals surface area (Å²) in [6, 6.07) is 0.477. The fraction of sp³-hybridized carbons (Fsp3) is 0.958. The van der Waals surface area contributed by atoms with Crippen LogP contribution in [0.25, 0.3) is 0 Å². The maximum absolute atomic E-state index is 4.77. The van der Waals surface area contributed by atoms with Crippen LogP contribution < -0.4 is 0 Å². The van der Waals surface area contributed by atoms with Gasteiger partial charge in [-0.3, -0.25) is 4.99 Å². The Balaban J connectivity index is 3.27. The Kier molecular flexibility index (Phi) is 23.4. The molecular formula is C24H47Br2N. The molecule has 0 fully saturated rings. The molecule has 0 amide bonds. The fourth-order valence-electron chi connectivity index (χ4n) is 3.54. The highest BCUT2D eigenvalue weighted by atomic mass is 79.9. The lowest BCUT2D eigenvalue weighted by Gasteiger charge is -2.08. The summed E-state index contributed by atoms with van der Waals surface area (Å²) >= 11 is 7.11. The van der Waals surface area contributed by atoms with Gasteiger partial charge in [-0.15, -0.1) is 0 Å². The summed E-state index contributed by atoms with van der Waals surface area (Å²) < 4.78 is 1.16. The van der Waals surface area contributed by atoms with Crippen LogP contribution in [0.2, 0.25) is 0 Å². The van der Waals surface area contributed by atoms with E-state index in [9.17, 15) is 0 Å². The third kappa shape index (κ3) is 22.8. The fourth-order valence-corrected chi connectivity index (χ4v) is 4.57. The summed E-state index contributed by atoms with van der Waals surface area (Å²) in [5.74, 6) is 0. The molecule has 0 aliphatic carbocycles. The van der Waals surface area contributed by atoms with Crippen molar-refractivity contribution >= 4 is 36.5 Å². The van der Waals surface area contributed by atoms with Gasteiger partial charge in [-0.2, -0.15) is 0 Å². The van der Waals surface area contributed by atoms with Crippen molar-refractivity contribution in [2.24, 2.45) is 4.99 Å². The minimum absolute atomic E-state index is 0.477. The predicted molar refractivity (Wildman–Crippen MR) is 133 cm³/mol. The molecule has 0 aliphatic rings. The van der Waals surface area contributed by atoms with Gasteiger partial charge in [0, 0.05) is 11.4 Å². The van der Waals surface area contributed by atoms with Crippen molar-refractivity contribution in [2.75, 3.05) is 5.33 Å². The van der Waals surface area contributed by atoms with E-state index in [0.29, 0.717) is 6.04 Å². The van der Waals surface area contributed by atoms with E-state index in [4.69, 9.17) is 4.99 Å². The molecule has 0 radical (unpaired) electrons. The van der Waals surface area contributed by atoms with E-state index in [-0.39, 0.29) is 0 Å². The van der Waals surface area contributed by atoms with Crippen LogP contribution in [0.5, 0.6) is 0 Å². The number of aliphatic imine (C=N–C) groups is 1. The molecule has 0 aromatic rings. The van der Waals surface area contributed by atoms with E-state index in [2.05, 4.69) is 45.7 Å². The van der Waals surface area contributed by atoms with Crippen LogP contribution in [0.4, 0.5) is 0 Å². The zero-order valence-electron chi connectivity index (χ0n) is 18.4. The molecule has 162 valence electrons. The minimum atomic E-state index is 0.477. The molecule has 27 heavy (non-hydrogen) atoms. The predicted octanol–water partition coefficient (Wildman–Crippen LogP) is 9.99. The molecule has 0 aromatic heterocycles. The summed E-state index contributed by atoms with van der Waals surface area (Å²) in [7, 11) is 0. The van der Waals surface area contributed by atoms with Crippen molar-refractivity contribution in [3.8, 4) is 0 Å². The van der Waals surface area contributed by atoms with Crippen molar-refractivity contribution < 1.29 is 0 Å². The lowest BCUT2D eigenvalue weighted by Crippen LogP contribution is -2.01. The Hall–Kier alpha value is 0.630. The quantitative estimate of drug-likeness (QED) is 0.0829. The normalized spacial score (nSPS) is 13.3. The van der Waals surface area contributed by atoms with Crippen molar-refractivity contribution in [1.29, 1.82) is 0 Å². The van der Waals surface area contributed by atoms with Gasteiger partial charge in [0.2, 0.25) is 0 Å². The molecule has 0 aromatic carbocycles. The van der Waals surface area contributed by atoms with Gasteiger partial charge in [0.1, 0.15) is 0 Å². The Labute approximate surface area is 188 Å². The molecule has 0 aliphatic heterocycles. The second-order valence-electron chi connectivity index (χ2n) is 8.24. The first-order chi connectivity index (χ1) is 13.2. The van der Waals surface area contributed by atoms with Gasteiger partial charge in [-0.05, 0) is 48.5 Å². The number of hydrogen-bond acceptors (Lipinski definition) is 1. The number of unbranched alkanes of at least 4 members (excludes halogenated alkanes) is 15. The van der Waals surface area contributed by atoms with Gasteiger partial charge in [-0.1, -0.05) is 119 Å². The summed E-state index contributed by atoms with van der Waals surface area (Å²) in [6.07, 6.45) is 26.3. The lowest BCUT2D eigenvalue weighted by atomic mass is 10.0. The zero-order chi connectivity index (χ0) is 20.0. The topological polar surface area (TPSA) is 12.4 Å². The van der Waals surface area contributed by atoms with Crippen LogP contribution in [0.1, 0.15) is 136 Å². The van der Waals surface area contributed by atoms with E-state index in [0.717, 1.165) is 16.4 Å². The third-order valence-electron chi connectivity index (χ3n) is 5.35. The molecule has 0 heterocycles. The van der Waals surface area contributed by atoms with E-state index in [1.54, 1.807) is 0 Å². The molecule has 0 N–H and O–H groups in total. The first-order valence-electron chi connectivity index (χ1n) is 12.0. The lowest BCUT2D eigenvalue weighted by molar-refractivity contribution is 0.522. The highest BCUT2D eigenvalue weighted by molar-refractivity contribution is 9.18. The Morgan fingerprint density at radius 2 is 1.11 bits per heavy atom. The maximum Gasteiger partial charge on any atom is 0.0777 e. The SMILES string of the molecule is CCCCCCCCCCCCCCCCCC(C)N=C(Br)CCCCBr. The average Bonchev–Trinajstić information content (AvgIpc) is 2.65. The van der Waals surface area contributed by atoms with Crippen molar-refractivity contribution in [2.45, 2.75) is 142 Å². The molecule has 0 saturated carbocycles. The van der Waals surface area contributed by atoms with Gasteiger partial charge in [-0.25, -0.2) is 0 Å². The first kappa shape index (κ1) is 27.6. The number of alkyl halides is 1. The van der Waals surface area contributed by atoms with Gasteiger partial charge in [0.05, 0.1) is 4.62 Å². The molecule has 1 atom stereocenters. The first-order valence-corrected chi connectivity index (χ1v) is 13.9. The van der Waals surface area contributed by atoms with Crippen LogP contribution in [0.15, 0.2) is 4.99 Å². The summed E-state index contributed by atoms with van der Waals surface area (Å²) in [5.41, 5.74) is 0. The molecule has 0 rings (SSSR count). The second kappa shape index (κ2) is 22.9. The second-order valence-corrected chi connectivity index (χ2v) is 9.95. The number of rotatable bonds is 21. The number of nitrogens with zero attached hydrogens (tertiary/aromatic N) is 1. The zero-order valence-corrected chi connectivity index (χ0v) is 21.6. The summed E-state index contributed by atoms with van der Waals surface area (Å²) in [6.45, 7) is 4.55. The highest BCUT2D eigenvalue weighted by Crippen LogP contribution is 2.15. The molecule has 0 bridgehead atoms. The van der Waals surface area contributed by atoms with E-state index in [1.165, 1.54) is 116 Å². The van der Waals surface area contributed by atoms with Crippen LogP contribution >= 0.6 is 31.9 Å². The Morgan fingerprint density at radius 3 is 1.56 bits per heavy atom. The smallest absolute Gasteiger partial charge is 0.0777 e. The van der Waals surface area contributed by atoms with Crippen LogP contribution in [0.3, 0.4) is 0 Å². The van der Waals surface area contributed by atoms with E-state index >= 15 is 0 Å².